The molecule has 3 heterocycles. The first-order valence-electron chi connectivity index (χ1n) is 8.33. The normalized spacial score (nSPS) is 18.2. The molecule has 4 rings (SSSR count). The number of anilines is 1. The van der Waals surface area contributed by atoms with Crippen LogP contribution in [0.25, 0.3) is 16.6 Å². The summed E-state index contributed by atoms with van der Waals surface area (Å²) in [4.78, 5) is 10.6. The van der Waals surface area contributed by atoms with Crippen molar-refractivity contribution in [1.82, 2.24) is 14.5 Å². The number of benzene rings is 1. The average Bonchev–Trinajstić information content (AvgIpc) is 3.18. The van der Waals surface area contributed by atoms with Gasteiger partial charge in [0.1, 0.15) is 11.1 Å². The average molecular weight is 427 g/mol. The van der Waals surface area contributed by atoms with E-state index in [1.807, 2.05) is 21.6 Å². The number of rotatable bonds is 3. The first-order valence-corrected chi connectivity index (χ1v) is 10.6. The summed E-state index contributed by atoms with van der Waals surface area (Å²) in [5.74, 6) is 0.573. The first-order chi connectivity index (χ1) is 12.8. The summed E-state index contributed by atoms with van der Waals surface area (Å²) in [5, 5.41) is 0.685. The third kappa shape index (κ3) is 3.50. The fourth-order valence-electron chi connectivity index (χ4n) is 3.37. The van der Waals surface area contributed by atoms with Crippen molar-refractivity contribution in [1.29, 1.82) is 0 Å². The van der Waals surface area contributed by atoms with E-state index in [1.165, 1.54) is 0 Å². The number of pyridine rings is 1. The van der Waals surface area contributed by atoms with Crippen LogP contribution in [0.1, 0.15) is 12.8 Å². The van der Waals surface area contributed by atoms with E-state index < -0.39 is 15.4 Å². The monoisotopic (exact) mass is 426 g/mol. The van der Waals surface area contributed by atoms with Gasteiger partial charge in [-0.25, -0.2) is 9.97 Å². The summed E-state index contributed by atoms with van der Waals surface area (Å²) in [6.45, 7) is 0.797. The van der Waals surface area contributed by atoms with E-state index in [-0.39, 0.29) is 6.54 Å². The van der Waals surface area contributed by atoms with Gasteiger partial charge < -0.3 is 9.47 Å². The molecule has 1 N–H and O–H groups in total. The van der Waals surface area contributed by atoms with Crippen molar-refractivity contribution in [3.63, 3.8) is 0 Å². The minimum Gasteiger partial charge on any atom is -0.355 e. The molecule has 7 nitrogen and oxygen atoms in total. The lowest BCUT2D eigenvalue weighted by molar-refractivity contribution is 0.446. The molecule has 0 aliphatic carbocycles. The second-order valence-corrected chi connectivity index (χ2v) is 8.93. The quantitative estimate of drug-likeness (QED) is 0.643. The van der Waals surface area contributed by atoms with E-state index in [4.69, 9.17) is 23.2 Å². The van der Waals surface area contributed by atoms with E-state index in [0.717, 1.165) is 11.1 Å². The van der Waals surface area contributed by atoms with Gasteiger partial charge in [0, 0.05) is 36.9 Å². The Morgan fingerprint density at radius 1 is 1.26 bits per heavy atom. The molecule has 142 valence electrons. The Labute approximate surface area is 166 Å². The van der Waals surface area contributed by atoms with Crippen molar-refractivity contribution in [2.75, 3.05) is 18.0 Å². The molecule has 10 heteroatoms. The highest BCUT2D eigenvalue weighted by atomic mass is 35.5. The molecule has 0 saturated carbocycles. The molecule has 1 saturated heterocycles. The molecule has 0 spiro atoms. The predicted molar refractivity (Wildman–Crippen MR) is 106 cm³/mol. The minimum absolute atomic E-state index is 0.166. The predicted octanol–water partition coefficient (Wildman–Crippen LogP) is 3.58. The first kappa shape index (κ1) is 18.5. The number of fused-ring (bicyclic) bond motifs is 1. The highest BCUT2D eigenvalue weighted by Gasteiger charge is 2.30. The van der Waals surface area contributed by atoms with Crippen molar-refractivity contribution < 1.29 is 13.0 Å². The van der Waals surface area contributed by atoms with Crippen LogP contribution in [0.15, 0.2) is 36.9 Å². The Morgan fingerprint density at radius 3 is 2.78 bits per heavy atom. The van der Waals surface area contributed by atoms with E-state index >= 15 is 0 Å². The van der Waals surface area contributed by atoms with Crippen molar-refractivity contribution in [2.24, 2.45) is 0 Å². The molecule has 3 aromatic rings. The zero-order chi connectivity index (χ0) is 19.2. The zero-order valence-corrected chi connectivity index (χ0v) is 16.4. The standard InChI is InChI=1S/C17H16Cl2N4O3S/c18-13-4-3-12-14(23-7-5-20-10-23)8-15(21-17(12)16(13)19)22-6-1-2-11(9-22)27(24,25)26/h3-5,7-8,10-11H,1-2,6,9H2,(H,24,25,26). The molecule has 1 aliphatic heterocycles. The Kier molecular flexibility index (Phi) is 4.75. The molecule has 1 fully saturated rings. The molecular formula is C17H16Cl2N4O3S. The highest BCUT2D eigenvalue weighted by molar-refractivity contribution is 7.86. The maximum Gasteiger partial charge on any atom is 0.269 e. The molecular weight excluding hydrogens is 411 g/mol. The number of halogens is 2. The van der Waals surface area contributed by atoms with Gasteiger partial charge in [-0.2, -0.15) is 8.42 Å². The summed E-state index contributed by atoms with van der Waals surface area (Å²) in [5.41, 5.74) is 1.33. The highest BCUT2D eigenvalue weighted by Crippen LogP contribution is 2.35. The van der Waals surface area contributed by atoms with Crippen LogP contribution < -0.4 is 4.90 Å². The van der Waals surface area contributed by atoms with Crippen molar-refractivity contribution in [3.05, 3.63) is 47.0 Å². The van der Waals surface area contributed by atoms with Crippen LogP contribution in [0.5, 0.6) is 0 Å². The van der Waals surface area contributed by atoms with Gasteiger partial charge >= 0.3 is 0 Å². The van der Waals surface area contributed by atoms with E-state index in [9.17, 15) is 13.0 Å². The van der Waals surface area contributed by atoms with Crippen LogP contribution in [0.4, 0.5) is 5.82 Å². The maximum absolute atomic E-state index is 11.6. The Morgan fingerprint density at radius 2 is 2.07 bits per heavy atom. The molecule has 0 radical (unpaired) electrons. The summed E-state index contributed by atoms with van der Waals surface area (Å²) >= 11 is 12.6. The smallest absolute Gasteiger partial charge is 0.269 e. The van der Waals surface area contributed by atoms with Crippen LogP contribution in [0, 0.1) is 0 Å². The zero-order valence-electron chi connectivity index (χ0n) is 14.1. The number of aromatic nitrogens is 3. The van der Waals surface area contributed by atoms with Crippen LogP contribution in [-0.4, -0.2) is 45.8 Å². The second-order valence-electron chi connectivity index (χ2n) is 6.45. The lowest BCUT2D eigenvalue weighted by Crippen LogP contribution is -2.42. The molecule has 2 aromatic heterocycles. The summed E-state index contributed by atoms with van der Waals surface area (Å²) < 4.78 is 34.4. The molecule has 0 amide bonds. The largest absolute Gasteiger partial charge is 0.355 e. The van der Waals surface area contributed by atoms with Crippen LogP contribution >= 0.6 is 23.2 Å². The van der Waals surface area contributed by atoms with Gasteiger partial charge in [-0.1, -0.05) is 23.2 Å². The second kappa shape index (κ2) is 6.94. The SMILES string of the molecule is O=S(=O)(O)C1CCCN(c2cc(-n3ccnc3)c3ccc(Cl)c(Cl)c3n2)C1. The summed E-state index contributed by atoms with van der Waals surface area (Å²) in [6.07, 6.45) is 6.19. The third-order valence-electron chi connectivity index (χ3n) is 4.74. The van der Waals surface area contributed by atoms with Crippen LogP contribution in [0.3, 0.4) is 0 Å². The lowest BCUT2D eigenvalue weighted by atomic mass is 10.1. The Bertz CT molecular complexity index is 1100. The van der Waals surface area contributed by atoms with Gasteiger partial charge in [-0.15, -0.1) is 0 Å². The van der Waals surface area contributed by atoms with Gasteiger partial charge in [0.2, 0.25) is 0 Å². The van der Waals surface area contributed by atoms with E-state index in [1.54, 1.807) is 24.8 Å². The lowest BCUT2D eigenvalue weighted by Gasteiger charge is -2.32. The number of hydrogen-bond donors (Lipinski definition) is 1. The van der Waals surface area contributed by atoms with Crippen molar-refractivity contribution in [3.8, 4) is 5.69 Å². The molecule has 1 aromatic carbocycles. The Balaban J connectivity index is 1.87. The number of piperidine rings is 1. The van der Waals surface area contributed by atoms with Crippen LogP contribution in [-0.2, 0) is 10.1 Å². The third-order valence-corrected chi connectivity index (χ3v) is 6.76. The maximum atomic E-state index is 11.6. The van der Waals surface area contributed by atoms with Gasteiger partial charge in [0.05, 0.1) is 27.6 Å². The fourth-order valence-corrected chi connectivity index (χ4v) is 4.56. The molecule has 27 heavy (non-hydrogen) atoms. The fraction of sp³-hybridized carbons (Fsp3) is 0.294. The van der Waals surface area contributed by atoms with Crippen LogP contribution in [0.2, 0.25) is 10.0 Å². The molecule has 1 unspecified atom stereocenters. The van der Waals surface area contributed by atoms with E-state index in [2.05, 4.69) is 9.97 Å². The van der Waals surface area contributed by atoms with Crippen molar-refractivity contribution in [2.45, 2.75) is 18.1 Å². The molecule has 1 atom stereocenters. The van der Waals surface area contributed by atoms with Gasteiger partial charge in [0.25, 0.3) is 10.1 Å². The topological polar surface area (TPSA) is 88.3 Å². The number of imidazole rings is 1. The van der Waals surface area contributed by atoms with Gasteiger partial charge in [-0.05, 0) is 25.0 Å². The molecule has 0 bridgehead atoms. The molecule has 1 aliphatic rings. The van der Waals surface area contributed by atoms with Crippen molar-refractivity contribution >= 4 is 50.0 Å². The van der Waals surface area contributed by atoms with Gasteiger partial charge in [0.15, 0.2) is 0 Å². The van der Waals surface area contributed by atoms with E-state index in [0.29, 0.717) is 40.8 Å². The van der Waals surface area contributed by atoms with Gasteiger partial charge in [-0.3, -0.25) is 4.55 Å². The summed E-state index contributed by atoms with van der Waals surface area (Å²) in [6, 6.07) is 5.41. The summed E-state index contributed by atoms with van der Waals surface area (Å²) in [7, 11) is -4.11. The Hall–Kier alpha value is -1.87. The number of nitrogens with zero attached hydrogens (tertiary/aromatic N) is 4. The number of hydrogen-bond acceptors (Lipinski definition) is 5. The minimum atomic E-state index is -4.11.